The van der Waals surface area contributed by atoms with Crippen LogP contribution in [-0.4, -0.2) is 5.11 Å². The molecule has 0 heterocycles. The zero-order valence-electron chi connectivity index (χ0n) is 31.0. The Morgan fingerprint density at radius 1 is 0.750 bits per heavy atom. The molecule has 0 aromatic heterocycles. The number of rotatable bonds is 5. The highest BCUT2D eigenvalue weighted by atomic mass is 16.3. The highest BCUT2D eigenvalue weighted by Crippen LogP contribution is 2.44. The molecule has 0 bridgehead atoms. The van der Waals surface area contributed by atoms with Crippen molar-refractivity contribution >= 4 is 61.0 Å². The first-order valence-electron chi connectivity index (χ1n) is 17.7. The Morgan fingerprint density at radius 2 is 1.33 bits per heavy atom. The van der Waals surface area contributed by atoms with Gasteiger partial charge in [0.05, 0.1) is 0 Å². The third kappa shape index (κ3) is 7.84. The standard InChI is InChI=1S/C38H36O.C5H10.C4H10/c1-7-25-15-19-30(24(3)39)36-28(12-11-23(2)34(25)36)18-22-33(38(4,5)6)31-20-16-29-14-13-26-9-8-10-27-17-21-32(31)37(29)35(26)27;1-3-5-4-2;1-4(2)3/h7-21,33,39H,3,22H2,1-2,4-6H3;3,5H,4H2,1-2H3;4H,1-3H3/b25-7-,28-18-;5-3-;. The first-order valence-corrected chi connectivity index (χ1v) is 17.7. The van der Waals surface area contributed by atoms with Crippen molar-refractivity contribution in [1.29, 1.82) is 0 Å². The van der Waals surface area contributed by atoms with Crippen LogP contribution in [0.1, 0.15) is 97.8 Å². The molecule has 0 saturated carbocycles. The summed E-state index contributed by atoms with van der Waals surface area (Å²) in [5.74, 6) is 1.25. The molecule has 0 fully saturated rings. The molecule has 6 rings (SSSR count). The van der Waals surface area contributed by atoms with Crippen molar-refractivity contribution < 1.29 is 5.11 Å². The molecule has 0 aliphatic rings. The number of aryl methyl sites for hydroxylation is 1. The van der Waals surface area contributed by atoms with Gasteiger partial charge >= 0.3 is 0 Å². The highest BCUT2D eigenvalue weighted by Gasteiger charge is 2.27. The van der Waals surface area contributed by atoms with Crippen LogP contribution in [0.5, 0.6) is 0 Å². The maximum atomic E-state index is 10.5. The number of allylic oxidation sites excluding steroid dienone is 2. The highest BCUT2D eigenvalue weighted by molar-refractivity contribution is 6.23. The lowest BCUT2D eigenvalue weighted by molar-refractivity contribution is 0.327. The monoisotopic (exact) mass is 636 g/mol. The van der Waals surface area contributed by atoms with Gasteiger partial charge in [-0.05, 0) is 110 Å². The molecule has 1 atom stereocenters. The SMILES string of the molecule is C/C=C\CC.C=C(O)c1cc/c(=C/C)c2c(C)cc/c(=C/CC(c3ccc4ccc5cccc6ccc3c4c56)C(C)(C)C)c12.CC(C)C. The second-order valence-electron chi connectivity index (χ2n) is 14.7. The van der Waals surface area contributed by atoms with Crippen LogP contribution in [0.2, 0.25) is 0 Å². The van der Waals surface area contributed by atoms with E-state index in [9.17, 15) is 5.11 Å². The molecule has 6 aromatic carbocycles. The Bertz CT molecular complexity index is 2150. The molecule has 48 heavy (non-hydrogen) atoms. The van der Waals surface area contributed by atoms with Crippen molar-refractivity contribution in [1.82, 2.24) is 0 Å². The summed E-state index contributed by atoms with van der Waals surface area (Å²) in [5, 5.41) is 23.1. The van der Waals surface area contributed by atoms with Crippen molar-refractivity contribution in [2.45, 2.75) is 88.0 Å². The molecule has 0 amide bonds. The van der Waals surface area contributed by atoms with E-state index in [1.165, 1.54) is 54.0 Å². The number of hydrogen-bond donors (Lipinski definition) is 1. The predicted octanol–water partition coefficient (Wildman–Crippen LogP) is 13.0. The van der Waals surface area contributed by atoms with Gasteiger partial charge in [-0.15, -0.1) is 0 Å². The van der Waals surface area contributed by atoms with Gasteiger partial charge < -0.3 is 5.11 Å². The van der Waals surface area contributed by atoms with Gasteiger partial charge in [0.2, 0.25) is 0 Å². The molecular formula is C47H56O. The Labute approximate surface area is 289 Å². The molecule has 0 radical (unpaired) electrons. The first-order chi connectivity index (χ1) is 22.8. The fraction of sp³-hybridized carbons (Fsp3) is 0.319. The van der Waals surface area contributed by atoms with Crippen LogP contribution in [0.15, 0.2) is 97.6 Å². The van der Waals surface area contributed by atoms with Crippen LogP contribution in [0.3, 0.4) is 0 Å². The third-order valence-electron chi connectivity index (χ3n) is 9.08. The van der Waals surface area contributed by atoms with E-state index >= 15 is 0 Å². The number of aliphatic hydroxyl groups is 1. The van der Waals surface area contributed by atoms with E-state index in [4.69, 9.17) is 0 Å². The van der Waals surface area contributed by atoms with E-state index in [1.807, 2.05) is 13.0 Å². The van der Waals surface area contributed by atoms with Gasteiger partial charge in [-0.2, -0.15) is 0 Å². The summed E-state index contributed by atoms with van der Waals surface area (Å²) in [6.07, 6.45) is 10.8. The summed E-state index contributed by atoms with van der Waals surface area (Å²) in [6, 6.07) is 28.9. The topological polar surface area (TPSA) is 20.2 Å². The normalized spacial score (nSPS) is 13.4. The van der Waals surface area contributed by atoms with E-state index in [0.717, 1.165) is 34.9 Å². The smallest absolute Gasteiger partial charge is 0.116 e. The van der Waals surface area contributed by atoms with Crippen LogP contribution in [0.25, 0.3) is 61.0 Å². The maximum Gasteiger partial charge on any atom is 0.116 e. The van der Waals surface area contributed by atoms with Crippen LogP contribution in [0.4, 0.5) is 0 Å². The maximum absolute atomic E-state index is 10.5. The van der Waals surface area contributed by atoms with Crippen LogP contribution in [-0.2, 0) is 0 Å². The minimum Gasteiger partial charge on any atom is -0.508 e. The first kappa shape index (κ1) is 36.5. The Balaban J connectivity index is 0.000000515. The average molecular weight is 637 g/mol. The molecule has 1 nitrogen and oxygen atoms in total. The minimum atomic E-state index is 0.0473. The average Bonchev–Trinajstić information content (AvgIpc) is 3.04. The number of fused-ring (bicyclic) bond motifs is 1. The van der Waals surface area contributed by atoms with Gasteiger partial charge in [-0.3, -0.25) is 0 Å². The molecule has 1 unspecified atom stereocenters. The Hall–Kier alpha value is -4.36. The van der Waals surface area contributed by atoms with Crippen molar-refractivity contribution in [3.8, 4) is 0 Å². The molecular weight excluding hydrogens is 581 g/mol. The largest absolute Gasteiger partial charge is 0.508 e. The number of aliphatic hydroxyl groups excluding tert-OH is 1. The third-order valence-corrected chi connectivity index (χ3v) is 9.08. The van der Waals surface area contributed by atoms with E-state index in [-0.39, 0.29) is 11.2 Å². The van der Waals surface area contributed by atoms with Gasteiger partial charge in [-0.25, -0.2) is 0 Å². The summed E-state index contributed by atoms with van der Waals surface area (Å²) in [4.78, 5) is 0. The molecule has 1 N–H and O–H groups in total. The van der Waals surface area contributed by atoms with Crippen LogP contribution >= 0.6 is 0 Å². The lowest BCUT2D eigenvalue weighted by atomic mass is 9.72. The van der Waals surface area contributed by atoms with Crippen molar-refractivity contribution in [2.24, 2.45) is 11.3 Å². The fourth-order valence-corrected chi connectivity index (χ4v) is 6.87. The minimum absolute atomic E-state index is 0.0473. The second-order valence-corrected chi connectivity index (χ2v) is 14.7. The van der Waals surface area contributed by atoms with Crippen molar-refractivity contribution in [3.63, 3.8) is 0 Å². The quantitative estimate of drug-likeness (QED) is 0.113. The second kappa shape index (κ2) is 15.7. The molecule has 0 aliphatic carbocycles. The Morgan fingerprint density at radius 3 is 1.88 bits per heavy atom. The van der Waals surface area contributed by atoms with Crippen molar-refractivity contribution in [3.05, 3.63) is 125 Å². The summed E-state index contributed by atoms with van der Waals surface area (Å²) in [5.41, 5.74) is 3.46. The fourth-order valence-electron chi connectivity index (χ4n) is 6.87. The van der Waals surface area contributed by atoms with Gasteiger partial charge in [0.1, 0.15) is 5.76 Å². The summed E-state index contributed by atoms with van der Waals surface area (Å²) < 4.78 is 0. The van der Waals surface area contributed by atoms with Crippen LogP contribution in [0, 0.1) is 18.3 Å². The predicted molar refractivity (Wildman–Crippen MR) is 217 cm³/mol. The zero-order valence-corrected chi connectivity index (χ0v) is 31.0. The van der Waals surface area contributed by atoms with Gasteiger partial charge in [0.25, 0.3) is 0 Å². The molecule has 0 saturated heterocycles. The molecule has 250 valence electrons. The lowest BCUT2D eigenvalue weighted by Gasteiger charge is -2.32. The molecule has 0 aliphatic heterocycles. The van der Waals surface area contributed by atoms with E-state index in [2.05, 4.69) is 166 Å². The van der Waals surface area contributed by atoms with Gasteiger partial charge in [-0.1, -0.05) is 158 Å². The number of benzene rings is 6. The zero-order chi connectivity index (χ0) is 35.2. The Kier molecular flexibility index (Phi) is 11.9. The van der Waals surface area contributed by atoms with E-state index in [1.54, 1.807) is 0 Å². The van der Waals surface area contributed by atoms with E-state index < -0.39 is 0 Å². The summed E-state index contributed by atoms with van der Waals surface area (Å²) >= 11 is 0. The van der Waals surface area contributed by atoms with Gasteiger partial charge in [0, 0.05) is 10.9 Å². The molecule has 0 spiro atoms. The summed E-state index contributed by atoms with van der Waals surface area (Å²) in [7, 11) is 0. The van der Waals surface area contributed by atoms with Crippen LogP contribution < -0.4 is 10.4 Å². The number of hydrogen-bond acceptors (Lipinski definition) is 1. The van der Waals surface area contributed by atoms with Crippen molar-refractivity contribution in [2.75, 3.05) is 0 Å². The summed E-state index contributed by atoms with van der Waals surface area (Å²) in [6.45, 7) is 25.8. The lowest BCUT2D eigenvalue weighted by Crippen LogP contribution is -2.20. The van der Waals surface area contributed by atoms with E-state index in [0.29, 0.717) is 5.92 Å². The molecule has 1 heteroatoms. The molecule has 6 aromatic rings. The van der Waals surface area contributed by atoms with Gasteiger partial charge in [0.15, 0.2) is 0 Å².